The number of aliphatic hydroxyl groups excluding tert-OH is 1. The van der Waals surface area contributed by atoms with Crippen molar-refractivity contribution in [2.24, 2.45) is 5.92 Å². The van der Waals surface area contributed by atoms with Crippen LogP contribution in [0.15, 0.2) is 0 Å². The van der Waals surface area contributed by atoms with Gasteiger partial charge in [-0.25, -0.2) is 4.79 Å². The first-order valence-electron chi connectivity index (χ1n) is 5.97. The van der Waals surface area contributed by atoms with Gasteiger partial charge in [0.05, 0.1) is 13.7 Å². The molecule has 0 fully saturated rings. The summed E-state index contributed by atoms with van der Waals surface area (Å²) in [5, 5.41) is 23.2. The molecule has 0 aromatic rings. The standard InChI is InChI=1S/C11H22N2O6/c1-7(2)6-19-11(17)13-8(9(14)15)4-5-12-10(16)18-3/h7-8,11,13,17H,4-6H2,1-3H3,(H,12,16)(H,14,15)/t8-,11?/m0/s1. The molecular formula is C11H22N2O6. The Morgan fingerprint density at radius 1 is 1.32 bits per heavy atom. The molecule has 0 saturated carbocycles. The maximum Gasteiger partial charge on any atom is 0.406 e. The molecule has 19 heavy (non-hydrogen) atoms. The van der Waals surface area contributed by atoms with Crippen LogP contribution >= 0.6 is 0 Å². The number of ether oxygens (including phenoxy) is 2. The van der Waals surface area contributed by atoms with E-state index in [0.717, 1.165) is 0 Å². The molecule has 8 heteroatoms. The molecule has 0 aliphatic heterocycles. The third-order valence-electron chi connectivity index (χ3n) is 2.12. The van der Waals surface area contributed by atoms with E-state index in [0.29, 0.717) is 6.61 Å². The van der Waals surface area contributed by atoms with Gasteiger partial charge < -0.3 is 25.0 Å². The average Bonchev–Trinajstić information content (AvgIpc) is 2.34. The van der Waals surface area contributed by atoms with Crippen LogP contribution in [0.4, 0.5) is 4.79 Å². The molecular weight excluding hydrogens is 256 g/mol. The fourth-order valence-electron chi connectivity index (χ4n) is 1.17. The van der Waals surface area contributed by atoms with Crippen molar-refractivity contribution in [3.63, 3.8) is 0 Å². The number of alkyl carbamates (subject to hydrolysis) is 1. The predicted molar refractivity (Wildman–Crippen MR) is 66.4 cm³/mol. The first-order chi connectivity index (χ1) is 8.86. The first kappa shape index (κ1) is 17.6. The van der Waals surface area contributed by atoms with Gasteiger partial charge in [-0.2, -0.15) is 0 Å². The van der Waals surface area contributed by atoms with Gasteiger partial charge in [0, 0.05) is 6.54 Å². The van der Waals surface area contributed by atoms with Crippen LogP contribution in [0.5, 0.6) is 0 Å². The van der Waals surface area contributed by atoms with Gasteiger partial charge in [-0.15, -0.1) is 0 Å². The normalized spacial score (nSPS) is 13.9. The predicted octanol–water partition coefficient (Wildman–Crippen LogP) is -0.276. The van der Waals surface area contributed by atoms with Crippen molar-refractivity contribution in [3.05, 3.63) is 0 Å². The Morgan fingerprint density at radius 2 is 1.95 bits per heavy atom. The highest BCUT2D eigenvalue weighted by atomic mass is 16.6. The Bertz CT molecular complexity index is 284. The van der Waals surface area contributed by atoms with Crippen molar-refractivity contribution in [1.29, 1.82) is 0 Å². The van der Waals surface area contributed by atoms with Gasteiger partial charge in [0.1, 0.15) is 6.04 Å². The van der Waals surface area contributed by atoms with Crippen molar-refractivity contribution in [3.8, 4) is 0 Å². The Labute approximate surface area is 112 Å². The lowest BCUT2D eigenvalue weighted by Gasteiger charge is -2.20. The van der Waals surface area contributed by atoms with Crippen molar-refractivity contribution >= 4 is 12.1 Å². The van der Waals surface area contributed by atoms with Gasteiger partial charge in [-0.1, -0.05) is 13.8 Å². The summed E-state index contributed by atoms with van der Waals surface area (Å²) in [5.74, 6) is -0.917. The van der Waals surface area contributed by atoms with E-state index in [4.69, 9.17) is 9.84 Å². The third-order valence-corrected chi connectivity index (χ3v) is 2.12. The lowest BCUT2D eigenvalue weighted by molar-refractivity contribution is -0.154. The fraction of sp³-hybridized carbons (Fsp3) is 0.818. The smallest absolute Gasteiger partial charge is 0.406 e. The molecule has 1 amide bonds. The first-order valence-corrected chi connectivity index (χ1v) is 5.97. The van der Waals surface area contributed by atoms with Crippen molar-refractivity contribution in [2.45, 2.75) is 32.7 Å². The van der Waals surface area contributed by atoms with Gasteiger partial charge >= 0.3 is 12.1 Å². The number of carboxylic acid groups (broad SMARTS) is 1. The zero-order chi connectivity index (χ0) is 14.8. The molecule has 0 radical (unpaired) electrons. The Balaban J connectivity index is 4.04. The second-order valence-corrected chi connectivity index (χ2v) is 4.34. The van der Waals surface area contributed by atoms with E-state index in [1.165, 1.54) is 7.11 Å². The molecule has 0 rings (SSSR count). The third kappa shape index (κ3) is 9.23. The molecule has 0 spiro atoms. The van der Waals surface area contributed by atoms with Crippen LogP contribution in [-0.4, -0.2) is 55.0 Å². The fourth-order valence-corrected chi connectivity index (χ4v) is 1.17. The van der Waals surface area contributed by atoms with Gasteiger partial charge in [0.25, 0.3) is 0 Å². The van der Waals surface area contributed by atoms with Gasteiger partial charge in [0.15, 0.2) is 0 Å². The van der Waals surface area contributed by atoms with Crippen molar-refractivity contribution < 1.29 is 29.3 Å². The Hall–Kier alpha value is -1.38. The number of aliphatic carboxylic acids is 1. The highest BCUT2D eigenvalue weighted by Crippen LogP contribution is 1.98. The zero-order valence-electron chi connectivity index (χ0n) is 11.4. The number of carboxylic acids is 1. The summed E-state index contributed by atoms with van der Waals surface area (Å²) in [6.45, 7) is 4.22. The molecule has 0 aromatic carbocycles. The number of amides is 1. The molecule has 0 heterocycles. The minimum atomic E-state index is -1.36. The summed E-state index contributed by atoms with van der Waals surface area (Å²) in [7, 11) is 1.21. The van der Waals surface area contributed by atoms with Crippen LogP contribution in [-0.2, 0) is 14.3 Å². The summed E-state index contributed by atoms with van der Waals surface area (Å²) in [5.41, 5.74) is 0. The van der Waals surface area contributed by atoms with E-state index in [1.54, 1.807) is 0 Å². The lowest BCUT2D eigenvalue weighted by Crippen LogP contribution is -2.46. The van der Waals surface area contributed by atoms with E-state index in [2.05, 4.69) is 15.4 Å². The Kier molecular flexibility index (Phi) is 8.84. The highest BCUT2D eigenvalue weighted by Gasteiger charge is 2.20. The molecule has 0 aliphatic carbocycles. The topological polar surface area (TPSA) is 117 Å². The molecule has 8 nitrogen and oxygen atoms in total. The molecule has 0 saturated heterocycles. The zero-order valence-corrected chi connectivity index (χ0v) is 11.4. The summed E-state index contributed by atoms with van der Waals surface area (Å²) in [6, 6.07) is -1.03. The van der Waals surface area contributed by atoms with Crippen LogP contribution in [0.2, 0.25) is 0 Å². The van der Waals surface area contributed by atoms with Crippen molar-refractivity contribution in [2.75, 3.05) is 20.3 Å². The average molecular weight is 278 g/mol. The van der Waals surface area contributed by atoms with E-state index in [-0.39, 0.29) is 18.9 Å². The summed E-state index contributed by atoms with van der Waals surface area (Å²) in [6.07, 6.45) is -1.91. The minimum Gasteiger partial charge on any atom is -0.480 e. The maximum absolute atomic E-state index is 10.9. The molecule has 0 bridgehead atoms. The number of hydrogen-bond donors (Lipinski definition) is 4. The van der Waals surface area contributed by atoms with E-state index in [1.807, 2.05) is 13.8 Å². The molecule has 4 N–H and O–H groups in total. The van der Waals surface area contributed by atoms with Gasteiger partial charge in [0.2, 0.25) is 6.41 Å². The van der Waals surface area contributed by atoms with Gasteiger partial charge in [-0.05, 0) is 12.3 Å². The van der Waals surface area contributed by atoms with E-state index >= 15 is 0 Å². The monoisotopic (exact) mass is 278 g/mol. The summed E-state index contributed by atoms with van der Waals surface area (Å²) < 4.78 is 9.35. The van der Waals surface area contributed by atoms with Crippen LogP contribution < -0.4 is 10.6 Å². The second kappa shape index (κ2) is 9.54. The lowest BCUT2D eigenvalue weighted by atomic mass is 10.2. The SMILES string of the molecule is COC(=O)NCC[C@H](NC(O)OCC(C)C)C(=O)O. The largest absolute Gasteiger partial charge is 0.480 e. The molecule has 1 unspecified atom stereocenters. The van der Waals surface area contributed by atoms with Crippen LogP contribution in [0.1, 0.15) is 20.3 Å². The number of hydrogen-bond acceptors (Lipinski definition) is 6. The van der Waals surface area contributed by atoms with Crippen LogP contribution in [0.3, 0.4) is 0 Å². The molecule has 112 valence electrons. The van der Waals surface area contributed by atoms with E-state index < -0.39 is 24.5 Å². The maximum atomic E-state index is 10.9. The molecule has 2 atom stereocenters. The molecule has 0 aliphatic rings. The summed E-state index contributed by atoms with van der Waals surface area (Å²) >= 11 is 0. The van der Waals surface area contributed by atoms with Crippen LogP contribution in [0, 0.1) is 5.92 Å². The number of carbonyl (C=O) groups excluding carboxylic acids is 1. The van der Waals surface area contributed by atoms with Crippen molar-refractivity contribution in [1.82, 2.24) is 10.6 Å². The second-order valence-electron chi connectivity index (χ2n) is 4.34. The Morgan fingerprint density at radius 3 is 2.42 bits per heavy atom. The van der Waals surface area contributed by atoms with Crippen LogP contribution in [0.25, 0.3) is 0 Å². The quantitative estimate of drug-likeness (QED) is 0.429. The number of rotatable bonds is 9. The number of carbonyl (C=O) groups is 2. The van der Waals surface area contributed by atoms with Gasteiger partial charge in [-0.3, -0.25) is 10.1 Å². The number of nitrogens with one attached hydrogen (secondary N) is 2. The number of methoxy groups -OCH3 is 1. The molecule has 0 aromatic heterocycles. The summed E-state index contributed by atoms with van der Waals surface area (Å²) in [4.78, 5) is 21.7. The number of aliphatic hydroxyl groups is 1. The minimum absolute atomic E-state index is 0.0898. The van der Waals surface area contributed by atoms with E-state index in [9.17, 15) is 14.7 Å². The highest BCUT2D eigenvalue weighted by molar-refractivity contribution is 5.73.